The zero-order chi connectivity index (χ0) is 12.9. The third-order valence-corrected chi connectivity index (χ3v) is 1.62. The van der Waals surface area contributed by atoms with E-state index in [0.29, 0.717) is 11.4 Å². The first-order chi connectivity index (χ1) is 7.90. The molecule has 0 fully saturated rings. The Kier molecular flexibility index (Phi) is 4.03. The van der Waals surface area contributed by atoms with Crippen LogP contribution in [0.15, 0.2) is 23.5 Å². The highest BCUT2D eigenvalue weighted by Crippen LogP contribution is 2.10. The maximum atomic E-state index is 11.4. The fraction of sp³-hybridized carbons (Fsp3) is 0.364. The molecule has 0 spiro atoms. The Hall–Kier alpha value is -2.11. The number of nitrogens with one attached hydrogen (secondary N) is 1. The summed E-state index contributed by atoms with van der Waals surface area (Å²) in [6.45, 7) is 5.34. The number of rotatable bonds is 2. The van der Waals surface area contributed by atoms with Gasteiger partial charge in [-0.15, -0.1) is 0 Å². The van der Waals surface area contributed by atoms with Crippen LogP contribution in [0.25, 0.3) is 0 Å². The van der Waals surface area contributed by atoms with Crippen molar-refractivity contribution >= 4 is 18.1 Å². The van der Waals surface area contributed by atoms with Crippen molar-refractivity contribution in [1.29, 1.82) is 0 Å². The molecule has 0 saturated heterocycles. The molecule has 0 aliphatic carbocycles. The minimum atomic E-state index is -0.562. The van der Waals surface area contributed by atoms with E-state index in [4.69, 9.17) is 9.94 Å². The van der Waals surface area contributed by atoms with Crippen molar-refractivity contribution in [2.45, 2.75) is 26.4 Å². The third kappa shape index (κ3) is 4.96. The van der Waals surface area contributed by atoms with Crippen molar-refractivity contribution in [1.82, 2.24) is 4.98 Å². The number of hydrogen-bond donors (Lipinski definition) is 2. The van der Waals surface area contributed by atoms with Gasteiger partial charge in [0.25, 0.3) is 0 Å². The lowest BCUT2D eigenvalue weighted by molar-refractivity contribution is 0.0635. The van der Waals surface area contributed by atoms with Crippen molar-refractivity contribution in [3.8, 4) is 0 Å². The van der Waals surface area contributed by atoms with Crippen LogP contribution in [0, 0.1) is 0 Å². The molecule has 92 valence electrons. The molecule has 0 bridgehead atoms. The molecule has 1 aromatic heterocycles. The lowest BCUT2D eigenvalue weighted by Crippen LogP contribution is -2.27. The second kappa shape index (κ2) is 5.29. The van der Waals surface area contributed by atoms with Gasteiger partial charge in [-0.05, 0) is 32.9 Å². The van der Waals surface area contributed by atoms with Crippen molar-refractivity contribution in [2.24, 2.45) is 5.16 Å². The smallest absolute Gasteiger partial charge is 0.413 e. The van der Waals surface area contributed by atoms with E-state index in [9.17, 15) is 4.79 Å². The highest BCUT2D eigenvalue weighted by Gasteiger charge is 2.16. The molecular formula is C11H15N3O3. The van der Waals surface area contributed by atoms with E-state index in [2.05, 4.69) is 15.5 Å². The number of ether oxygens (including phenoxy) is 1. The van der Waals surface area contributed by atoms with E-state index in [-0.39, 0.29) is 0 Å². The molecule has 2 N–H and O–H groups in total. The number of pyridine rings is 1. The molecule has 1 amide bonds. The maximum absolute atomic E-state index is 11.4. The number of amides is 1. The van der Waals surface area contributed by atoms with Crippen LogP contribution in [-0.2, 0) is 4.74 Å². The Labute approximate surface area is 99.3 Å². The topological polar surface area (TPSA) is 83.8 Å². The van der Waals surface area contributed by atoms with E-state index in [1.165, 1.54) is 12.4 Å². The molecule has 0 atom stereocenters. The van der Waals surface area contributed by atoms with Gasteiger partial charge < -0.3 is 9.94 Å². The summed E-state index contributed by atoms with van der Waals surface area (Å²) in [5.74, 6) is 0.370. The van der Waals surface area contributed by atoms with Crippen molar-refractivity contribution in [2.75, 3.05) is 5.32 Å². The van der Waals surface area contributed by atoms with E-state index < -0.39 is 11.7 Å². The molecule has 6 heteroatoms. The van der Waals surface area contributed by atoms with Gasteiger partial charge in [0.1, 0.15) is 11.4 Å². The predicted octanol–water partition coefficient (Wildman–Crippen LogP) is 2.24. The molecule has 0 aliphatic rings. The summed E-state index contributed by atoms with van der Waals surface area (Å²) >= 11 is 0. The highest BCUT2D eigenvalue weighted by molar-refractivity contribution is 5.84. The Morgan fingerprint density at radius 1 is 1.53 bits per heavy atom. The summed E-state index contributed by atoms with van der Waals surface area (Å²) in [5.41, 5.74) is 0.0790. The van der Waals surface area contributed by atoms with Gasteiger partial charge in [0.2, 0.25) is 0 Å². The monoisotopic (exact) mass is 237 g/mol. The zero-order valence-corrected chi connectivity index (χ0v) is 9.97. The molecule has 17 heavy (non-hydrogen) atoms. The van der Waals surface area contributed by atoms with E-state index in [0.717, 1.165) is 0 Å². The average Bonchev–Trinajstić information content (AvgIpc) is 2.18. The van der Waals surface area contributed by atoms with Crippen LogP contribution in [0.3, 0.4) is 0 Å². The number of carbonyl (C=O) groups excluding carboxylic acids is 1. The molecule has 0 saturated carbocycles. The van der Waals surface area contributed by atoms with Crippen molar-refractivity contribution < 1.29 is 14.7 Å². The molecule has 0 aliphatic heterocycles. The number of anilines is 1. The lowest BCUT2D eigenvalue weighted by atomic mass is 10.2. The van der Waals surface area contributed by atoms with Gasteiger partial charge in [-0.1, -0.05) is 5.16 Å². The number of oxime groups is 1. The summed E-state index contributed by atoms with van der Waals surface area (Å²) in [6.07, 6.45) is 2.14. The molecule has 6 nitrogen and oxygen atoms in total. The summed E-state index contributed by atoms with van der Waals surface area (Å²) < 4.78 is 5.06. The van der Waals surface area contributed by atoms with Crippen molar-refractivity contribution in [3.05, 3.63) is 23.9 Å². The minimum Gasteiger partial charge on any atom is -0.444 e. The van der Waals surface area contributed by atoms with Crippen LogP contribution in [0.2, 0.25) is 0 Å². The molecule has 0 radical (unpaired) electrons. The first-order valence-electron chi connectivity index (χ1n) is 5.04. The van der Waals surface area contributed by atoms with Gasteiger partial charge in [-0.25, -0.2) is 9.78 Å². The Bertz CT molecular complexity index is 407. The van der Waals surface area contributed by atoms with E-state index >= 15 is 0 Å². The summed E-state index contributed by atoms with van der Waals surface area (Å²) in [6, 6.07) is 3.24. The second-order valence-electron chi connectivity index (χ2n) is 4.35. The minimum absolute atomic E-state index is 0.370. The number of aromatic nitrogens is 1. The maximum Gasteiger partial charge on any atom is 0.413 e. The van der Waals surface area contributed by atoms with Crippen LogP contribution < -0.4 is 5.32 Å². The van der Waals surface area contributed by atoms with Gasteiger partial charge >= 0.3 is 6.09 Å². The summed E-state index contributed by atoms with van der Waals surface area (Å²) in [4.78, 5) is 15.4. The van der Waals surface area contributed by atoms with Crippen LogP contribution in [0.5, 0.6) is 0 Å². The molecule has 1 aromatic rings. The molecular weight excluding hydrogens is 222 g/mol. The predicted molar refractivity (Wildman–Crippen MR) is 63.5 cm³/mol. The van der Waals surface area contributed by atoms with Gasteiger partial charge in [0.05, 0.1) is 6.21 Å². The van der Waals surface area contributed by atoms with Gasteiger partial charge in [0.15, 0.2) is 0 Å². The first-order valence-corrected chi connectivity index (χ1v) is 5.04. The fourth-order valence-corrected chi connectivity index (χ4v) is 1.03. The normalized spacial score (nSPS) is 11.5. The standard InChI is InChI=1S/C11H15N3O3/c1-11(2,3)17-10(15)14-9-5-4-8(6-12-9)7-13-16/h4-7,16H,1-3H3,(H,12,14,15)/b13-7+. The van der Waals surface area contributed by atoms with Crippen LogP contribution in [0.1, 0.15) is 26.3 Å². The lowest BCUT2D eigenvalue weighted by Gasteiger charge is -2.19. The van der Waals surface area contributed by atoms with Gasteiger partial charge in [0, 0.05) is 11.8 Å². The Balaban J connectivity index is 2.60. The van der Waals surface area contributed by atoms with Gasteiger partial charge in [-0.2, -0.15) is 0 Å². The van der Waals surface area contributed by atoms with Crippen LogP contribution in [-0.4, -0.2) is 28.1 Å². The Morgan fingerprint density at radius 3 is 2.71 bits per heavy atom. The second-order valence-corrected chi connectivity index (χ2v) is 4.35. The van der Waals surface area contributed by atoms with Gasteiger partial charge in [-0.3, -0.25) is 5.32 Å². The molecule has 0 aromatic carbocycles. The molecule has 1 heterocycles. The van der Waals surface area contributed by atoms with Crippen LogP contribution in [0.4, 0.5) is 10.6 Å². The quantitative estimate of drug-likeness (QED) is 0.469. The van der Waals surface area contributed by atoms with E-state index in [1.807, 2.05) is 0 Å². The third-order valence-electron chi connectivity index (χ3n) is 1.62. The number of nitrogens with zero attached hydrogens (tertiary/aromatic N) is 2. The summed E-state index contributed by atoms with van der Waals surface area (Å²) in [7, 11) is 0. The SMILES string of the molecule is CC(C)(C)OC(=O)Nc1ccc(/C=N/O)cn1. The number of carbonyl (C=O) groups is 1. The Morgan fingerprint density at radius 2 is 2.24 bits per heavy atom. The van der Waals surface area contributed by atoms with Crippen molar-refractivity contribution in [3.63, 3.8) is 0 Å². The largest absolute Gasteiger partial charge is 0.444 e. The van der Waals surface area contributed by atoms with Crippen LogP contribution >= 0.6 is 0 Å². The highest BCUT2D eigenvalue weighted by atomic mass is 16.6. The van der Waals surface area contributed by atoms with E-state index in [1.54, 1.807) is 32.9 Å². The first kappa shape index (κ1) is 13.0. The molecule has 0 unspecified atom stereocenters. The molecule has 1 rings (SSSR count). The summed E-state index contributed by atoms with van der Waals surface area (Å²) in [5, 5.41) is 13.7. The number of hydrogen-bond acceptors (Lipinski definition) is 5. The average molecular weight is 237 g/mol. The zero-order valence-electron chi connectivity index (χ0n) is 9.97. The fourth-order valence-electron chi connectivity index (χ4n) is 1.03.